The van der Waals surface area contributed by atoms with Gasteiger partial charge in [0.25, 0.3) is 0 Å². The van der Waals surface area contributed by atoms with Crippen LogP contribution >= 0.6 is 11.3 Å². The molecule has 8 heteroatoms. The van der Waals surface area contributed by atoms with E-state index in [1.165, 1.54) is 12.1 Å². The molecule has 0 atom stereocenters. The van der Waals surface area contributed by atoms with Crippen LogP contribution in [-0.4, -0.2) is 21.5 Å². The number of rotatable bonds is 2. The summed E-state index contributed by atoms with van der Waals surface area (Å²) in [6.45, 7) is 0. The van der Waals surface area contributed by atoms with Crippen LogP contribution in [-0.2, 0) is 0 Å². The third-order valence-corrected chi connectivity index (χ3v) is 4.52. The molecule has 0 saturated carbocycles. The van der Waals surface area contributed by atoms with E-state index in [0.29, 0.717) is 11.1 Å². The molecule has 0 bridgehead atoms. The van der Waals surface area contributed by atoms with Crippen molar-refractivity contribution in [2.75, 3.05) is 0 Å². The molecule has 0 amide bonds. The van der Waals surface area contributed by atoms with Crippen molar-refractivity contribution in [1.82, 2.24) is 4.98 Å². The lowest BCUT2D eigenvalue weighted by Crippen LogP contribution is -2.19. The van der Waals surface area contributed by atoms with Crippen LogP contribution in [0.15, 0.2) is 40.8 Å². The highest BCUT2D eigenvalue weighted by Crippen LogP contribution is 2.36. The zero-order chi connectivity index (χ0) is 16.1. The Hall–Kier alpha value is -3.13. The van der Waals surface area contributed by atoms with Crippen LogP contribution in [0.5, 0.6) is 0 Å². The average molecular weight is 326 g/mol. The predicted molar refractivity (Wildman–Crippen MR) is 79.8 cm³/mol. The second-order valence-electron chi connectivity index (χ2n) is 4.80. The van der Waals surface area contributed by atoms with E-state index in [-0.39, 0.29) is 32.9 Å². The van der Waals surface area contributed by atoms with Gasteiger partial charge >= 0.3 is 5.88 Å². The third-order valence-electron chi connectivity index (χ3n) is 3.45. The molecule has 1 aliphatic rings. The molecule has 0 unspecified atom stereocenters. The Labute approximate surface area is 132 Å². The number of benzene rings is 1. The highest BCUT2D eigenvalue weighted by Gasteiger charge is 2.34. The number of thiazole rings is 1. The SMILES string of the molecule is O=C1c2ccccc2C(=O)c2sc(-c3ccc([N+](=O)[O-])o3)nc21. The van der Waals surface area contributed by atoms with Crippen molar-refractivity contribution in [1.29, 1.82) is 0 Å². The van der Waals surface area contributed by atoms with E-state index in [0.717, 1.165) is 11.3 Å². The van der Waals surface area contributed by atoms with Crippen molar-refractivity contribution >= 4 is 28.8 Å². The summed E-state index contributed by atoms with van der Waals surface area (Å²) < 4.78 is 5.08. The molecule has 4 rings (SSSR count). The molecular formula is C15H6N2O5S. The molecular weight excluding hydrogens is 320 g/mol. The maximum Gasteiger partial charge on any atom is 0.433 e. The number of hydrogen-bond acceptors (Lipinski definition) is 7. The maximum atomic E-state index is 12.5. The molecule has 0 saturated heterocycles. The van der Waals surface area contributed by atoms with Gasteiger partial charge in [-0.15, -0.1) is 11.3 Å². The molecule has 0 aliphatic heterocycles. The van der Waals surface area contributed by atoms with Crippen molar-refractivity contribution in [2.24, 2.45) is 0 Å². The molecule has 2 aromatic heterocycles. The quantitative estimate of drug-likeness (QED) is 0.414. The molecule has 112 valence electrons. The summed E-state index contributed by atoms with van der Waals surface area (Å²) in [5.41, 5.74) is 0.714. The first kappa shape index (κ1) is 13.5. The maximum absolute atomic E-state index is 12.5. The van der Waals surface area contributed by atoms with Crippen LogP contribution in [0.25, 0.3) is 10.8 Å². The second-order valence-corrected chi connectivity index (χ2v) is 5.79. The van der Waals surface area contributed by atoms with Gasteiger partial charge in [0.2, 0.25) is 11.6 Å². The lowest BCUT2D eigenvalue weighted by atomic mass is 9.91. The van der Waals surface area contributed by atoms with Crippen LogP contribution in [0.3, 0.4) is 0 Å². The van der Waals surface area contributed by atoms with Crippen molar-refractivity contribution in [3.63, 3.8) is 0 Å². The van der Waals surface area contributed by atoms with Crippen LogP contribution in [0.4, 0.5) is 5.88 Å². The van der Waals surface area contributed by atoms with E-state index >= 15 is 0 Å². The summed E-state index contributed by atoms with van der Waals surface area (Å²) in [6, 6.07) is 9.13. The summed E-state index contributed by atoms with van der Waals surface area (Å²) in [6.07, 6.45) is 0. The molecule has 7 nitrogen and oxygen atoms in total. The van der Waals surface area contributed by atoms with Gasteiger partial charge in [0.1, 0.15) is 15.5 Å². The molecule has 0 spiro atoms. The van der Waals surface area contributed by atoms with Crippen molar-refractivity contribution < 1.29 is 18.9 Å². The minimum absolute atomic E-state index is 0.0627. The number of ketones is 2. The standard InChI is InChI=1S/C15H6N2O5S/c18-12-7-3-1-2-4-8(7)13(19)14-11(12)16-15(23-14)9-5-6-10(22-9)17(20)21/h1-6H. The molecule has 1 aliphatic carbocycles. The summed E-state index contributed by atoms with van der Waals surface area (Å²) >= 11 is 0.991. The zero-order valence-electron chi connectivity index (χ0n) is 11.3. The lowest BCUT2D eigenvalue weighted by molar-refractivity contribution is -0.401. The number of aromatic nitrogens is 1. The third kappa shape index (κ3) is 1.92. The van der Waals surface area contributed by atoms with Crippen molar-refractivity contribution in [3.05, 3.63) is 68.2 Å². The van der Waals surface area contributed by atoms with Crippen LogP contribution < -0.4 is 0 Å². The Morgan fingerprint density at radius 3 is 2.39 bits per heavy atom. The molecule has 3 aromatic rings. The number of hydrogen-bond donors (Lipinski definition) is 0. The number of furan rings is 1. The van der Waals surface area contributed by atoms with E-state index in [2.05, 4.69) is 4.98 Å². The number of nitro groups is 1. The molecule has 23 heavy (non-hydrogen) atoms. The van der Waals surface area contributed by atoms with E-state index in [1.807, 2.05) is 0 Å². The van der Waals surface area contributed by atoms with Crippen LogP contribution in [0.1, 0.15) is 31.3 Å². The van der Waals surface area contributed by atoms with E-state index in [9.17, 15) is 19.7 Å². The minimum atomic E-state index is -0.664. The topological polar surface area (TPSA) is 103 Å². The fourth-order valence-corrected chi connectivity index (χ4v) is 3.38. The van der Waals surface area contributed by atoms with Gasteiger partial charge in [0.05, 0.1) is 6.07 Å². The van der Waals surface area contributed by atoms with E-state index in [1.54, 1.807) is 24.3 Å². The van der Waals surface area contributed by atoms with Crippen LogP contribution in [0, 0.1) is 10.1 Å². The summed E-state index contributed by atoms with van der Waals surface area (Å²) in [7, 11) is 0. The number of nitrogens with zero attached hydrogens (tertiary/aromatic N) is 2. The summed E-state index contributed by atoms with van der Waals surface area (Å²) in [4.78, 5) is 39.4. The Kier molecular flexibility index (Phi) is 2.75. The number of fused-ring (bicyclic) bond motifs is 2. The Morgan fingerprint density at radius 1 is 1.04 bits per heavy atom. The first-order chi connectivity index (χ1) is 11.1. The van der Waals surface area contributed by atoms with Gasteiger partial charge in [-0.2, -0.15) is 0 Å². The molecule has 1 aromatic carbocycles. The highest BCUT2D eigenvalue weighted by atomic mass is 32.1. The Bertz CT molecular complexity index is 948. The normalized spacial score (nSPS) is 12.9. The Balaban J connectivity index is 1.85. The Morgan fingerprint density at radius 2 is 1.74 bits per heavy atom. The van der Waals surface area contributed by atoms with Gasteiger partial charge in [-0.25, -0.2) is 4.98 Å². The minimum Gasteiger partial charge on any atom is -0.398 e. The van der Waals surface area contributed by atoms with Gasteiger partial charge < -0.3 is 4.42 Å². The van der Waals surface area contributed by atoms with Gasteiger partial charge in [-0.05, 0) is 6.07 Å². The first-order valence-electron chi connectivity index (χ1n) is 6.50. The molecule has 2 heterocycles. The van der Waals surface area contributed by atoms with Gasteiger partial charge in [0, 0.05) is 11.1 Å². The van der Waals surface area contributed by atoms with E-state index in [4.69, 9.17) is 4.42 Å². The van der Waals surface area contributed by atoms with Crippen LogP contribution in [0.2, 0.25) is 0 Å². The first-order valence-corrected chi connectivity index (χ1v) is 7.32. The number of carbonyl (C=O) groups excluding carboxylic acids is 2. The molecule has 0 fully saturated rings. The summed E-state index contributed by atoms with van der Waals surface area (Å²) in [5.74, 6) is -0.881. The second kappa shape index (κ2) is 4.68. The van der Waals surface area contributed by atoms with Crippen molar-refractivity contribution in [3.8, 4) is 10.8 Å². The largest absolute Gasteiger partial charge is 0.433 e. The van der Waals surface area contributed by atoms with Crippen molar-refractivity contribution in [2.45, 2.75) is 0 Å². The van der Waals surface area contributed by atoms with Gasteiger partial charge in [0.15, 0.2) is 10.8 Å². The lowest BCUT2D eigenvalue weighted by Gasteiger charge is -2.11. The van der Waals surface area contributed by atoms with E-state index < -0.39 is 10.8 Å². The number of carbonyl (C=O) groups is 2. The average Bonchev–Trinajstić information content (AvgIpc) is 3.19. The predicted octanol–water partition coefficient (Wildman–Crippen LogP) is 3.09. The monoisotopic (exact) mass is 326 g/mol. The fourth-order valence-electron chi connectivity index (χ4n) is 2.40. The molecule has 0 N–H and O–H groups in total. The smallest absolute Gasteiger partial charge is 0.398 e. The highest BCUT2D eigenvalue weighted by molar-refractivity contribution is 7.17. The van der Waals surface area contributed by atoms with Gasteiger partial charge in [-0.3, -0.25) is 19.7 Å². The van der Waals surface area contributed by atoms with Gasteiger partial charge in [-0.1, -0.05) is 24.3 Å². The summed E-state index contributed by atoms with van der Waals surface area (Å²) in [5, 5.41) is 10.9. The fraction of sp³-hybridized carbons (Fsp3) is 0. The zero-order valence-corrected chi connectivity index (χ0v) is 12.1. The molecule has 0 radical (unpaired) electrons.